The molecular weight excluding hydrogens is 360 g/mol. The zero-order valence-corrected chi connectivity index (χ0v) is 14.1. The maximum atomic E-state index is 12.7. The van der Waals surface area contributed by atoms with E-state index in [2.05, 4.69) is 20.9 Å². The summed E-state index contributed by atoms with van der Waals surface area (Å²) in [5.41, 5.74) is 1.88. The number of ether oxygens (including phenoxy) is 1. The van der Waals surface area contributed by atoms with Crippen LogP contribution >= 0.6 is 15.9 Å². The molecule has 0 bridgehead atoms. The number of hydrogen-bond acceptors (Lipinski definition) is 4. The Morgan fingerprint density at radius 2 is 1.91 bits per heavy atom. The van der Waals surface area contributed by atoms with E-state index in [-0.39, 0.29) is 5.56 Å². The Morgan fingerprint density at radius 3 is 2.57 bits per heavy atom. The Labute approximate surface area is 140 Å². The third-order valence-corrected chi connectivity index (χ3v) is 4.11. The van der Waals surface area contributed by atoms with Crippen LogP contribution < -0.4 is 5.56 Å². The average Bonchev–Trinajstić information content (AvgIpc) is 2.55. The van der Waals surface area contributed by atoms with Gasteiger partial charge >= 0.3 is 5.97 Å². The van der Waals surface area contributed by atoms with Crippen LogP contribution in [-0.2, 0) is 4.74 Å². The molecule has 0 atom stereocenters. The van der Waals surface area contributed by atoms with Crippen molar-refractivity contribution in [2.24, 2.45) is 0 Å². The first-order valence-electron chi connectivity index (χ1n) is 6.88. The molecular formula is C17H13BrN2O3. The highest BCUT2D eigenvalue weighted by Gasteiger charge is 2.14. The van der Waals surface area contributed by atoms with Crippen molar-refractivity contribution in [2.45, 2.75) is 6.92 Å². The average molecular weight is 373 g/mol. The van der Waals surface area contributed by atoms with Gasteiger partial charge in [-0.3, -0.25) is 14.3 Å². The highest BCUT2D eigenvalue weighted by molar-refractivity contribution is 9.10. The molecule has 3 rings (SSSR count). The van der Waals surface area contributed by atoms with Crippen LogP contribution in [0.15, 0.2) is 51.9 Å². The fourth-order valence-electron chi connectivity index (χ4n) is 2.39. The van der Waals surface area contributed by atoms with Crippen LogP contribution in [0.3, 0.4) is 0 Å². The Morgan fingerprint density at radius 1 is 1.22 bits per heavy atom. The molecule has 0 aliphatic carbocycles. The molecule has 1 aromatic carbocycles. The third-order valence-electron chi connectivity index (χ3n) is 3.58. The van der Waals surface area contributed by atoms with Gasteiger partial charge in [0.25, 0.3) is 5.56 Å². The molecule has 0 spiro atoms. The van der Waals surface area contributed by atoms with Crippen molar-refractivity contribution in [3.05, 3.63) is 68.7 Å². The lowest BCUT2D eigenvalue weighted by Crippen LogP contribution is -2.19. The lowest BCUT2D eigenvalue weighted by molar-refractivity contribution is 0.0599. The van der Waals surface area contributed by atoms with Crippen molar-refractivity contribution in [3.63, 3.8) is 0 Å². The summed E-state index contributed by atoms with van der Waals surface area (Å²) in [7, 11) is 1.30. The summed E-state index contributed by atoms with van der Waals surface area (Å²) < 4.78 is 7.19. The molecule has 0 N–H and O–H groups in total. The number of fused-ring (bicyclic) bond motifs is 1. The van der Waals surface area contributed by atoms with Gasteiger partial charge in [0.05, 0.1) is 29.3 Å². The molecule has 0 saturated carbocycles. The summed E-state index contributed by atoms with van der Waals surface area (Å²) >= 11 is 3.37. The smallest absolute Gasteiger partial charge is 0.339 e. The number of nitrogens with zero attached hydrogens (tertiary/aromatic N) is 2. The first-order valence-corrected chi connectivity index (χ1v) is 7.68. The molecule has 23 heavy (non-hydrogen) atoms. The molecule has 0 amide bonds. The standard InChI is InChI=1S/C17H13BrN2O3/c1-10-13(17(22)23-2)9-14-15(19-10)7-8-20(16(14)21)12-5-3-11(18)4-6-12/h3-9H,1-2H3. The third kappa shape index (κ3) is 2.77. The predicted molar refractivity (Wildman–Crippen MR) is 91.1 cm³/mol. The van der Waals surface area contributed by atoms with Gasteiger partial charge in [0, 0.05) is 16.4 Å². The maximum Gasteiger partial charge on any atom is 0.339 e. The monoisotopic (exact) mass is 372 g/mol. The molecule has 0 saturated heterocycles. The first-order chi connectivity index (χ1) is 11.0. The molecule has 0 aliphatic heterocycles. The molecule has 6 heteroatoms. The molecule has 2 heterocycles. The molecule has 0 unspecified atom stereocenters. The Hall–Kier alpha value is -2.47. The van der Waals surface area contributed by atoms with Gasteiger partial charge in [-0.1, -0.05) is 15.9 Å². The van der Waals surface area contributed by atoms with Gasteiger partial charge in [0.1, 0.15) is 0 Å². The van der Waals surface area contributed by atoms with Gasteiger partial charge < -0.3 is 4.74 Å². The van der Waals surface area contributed by atoms with Gasteiger partial charge in [-0.15, -0.1) is 0 Å². The number of carbonyl (C=O) groups excluding carboxylic acids is 1. The quantitative estimate of drug-likeness (QED) is 0.647. The Bertz CT molecular complexity index is 962. The number of hydrogen-bond donors (Lipinski definition) is 0. The number of aryl methyl sites for hydroxylation is 1. The van der Waals surface area contributed by atoms with Crippen molar-refractivity contribution < 1.29 is 9.53 Å². The van der Waals surface area contributed by atoms with Crippen molar-refractivity contribution in [1.29, 1.82) is 0 Å². The van der Waals surface area contributed by atoms with Crippen LogP contribution in [0.1, 0.15) is 16.1 Å². The summed E-state index contributed by atoms with van der Waals surface area (Å²) in [6.45, 7) is 1.71. The summed E-state index contributed by atoms with van der Waals surface area (Å²) in [4.78, 5) is 28.9. The van der Waals surface area contributed by atoms with E-state index < -0.39 is 5.97 Å². The van der Waals surface area contributed by atoms with Gasteiger partial charge in [-0.2, -0.15) is 0 Å². The van der Waals surface area contributed by atoms with Gasteiger partial charge in [-0.25, -0.2) is 4.79 Å². The minimum absolute atomic E-state index is 0.234. The number of methoxy groups -OCH3 is 1. The van der Waals surface area contributed by atoms with Crippen molar-refractivity contribution >= 4 is 32.8 Å². The number of benzene rings is 1. The number of rotatable bonds is 2. The summed E-state index contributed by atoms with van der Waals surface area (Å²) in [5.74, 6) is -0.504. The number of carbonyl (C=O) groups is 1. The zero-order chi connectivity index (χ0) is 16.6. The fraction of sp³-hybridized carbons (Fsp3) is 0.118. The van der Waals surface area contributed by atoms with Gasteiger partial charge in [0.15, 0.2) is 0 Å². The highest BCUT2D eigenvalue weighted by atomic mass is 79.9. The van der Waals surface area contributed by atoms with Crippen molar-refractivity contribution in [3.8, 4) is 5.69 Å². The molecule has 0 aliphatic rings. The number of pyridine rings is 2. The van der Waals surface area contributed by atoms with E-state index >= 15 is 0 Å². The minimum atomic E-state index is -0.504. The fourth-order valence-corrected chi connectivity index (χ4v) is 2.65. The van der Waals surface area contributed by atoms with Crippen LogP contribution in [0.4, 0.5) is 0 Å². The second kappa shape index (κ2) is 5.96. The maximum absolute atomic E-state index is 12.7. The number of esters is 1. The van der Waals surface area contributed by atoms with E-state index in [0.29, 0.717) is 22.2 Å². The largest absolute Gasteiger partial charge is 0.465 e. The van der Waals surface area contributed by atoms with E-state index in [1.54, 1.807) is 25.3 Å². The molecule has 0 radical (unpaired) electrons. The highest BCUT2D eigenvalue weighted by Crippen LogP contribution is 2.17. The lowest BCUT2D eigenvalue weighted by atomic mass is 10.1. The van der Waals surface area contributed by atoms with Crippen molar-refractivity contribution in [1.82, 2.24) is 9.55 Å². The van der Waals surface area contributed by atoms with Gasteiger partial charge in [0.2, 0.25) is 0 Å². The van der Waals surface area contributed by atoms with E-state index in [0.717, 1.165) is 10.2 Å². The Kier molecular flexibility index (Phi) is 4.00. The first kappa shape index (κ1) is 15.4. The van der Waals surface area contributed by atoms with E-state index in [1.165, 1.54) is 11.7 Å². The summed E-state index contributed by atoms with van der Waals surface area (Å²) in [5, 5.41) is 0.376. The van der Waals surface area contributed by atoms with E-state index in [9.17, 15) is 9.59 Å². The number of aromatic nitrogens is 2. The normalized spacial score (nSPS) is 10.7. The summed E-state index contributed by atoms with van der Waals surface area (Å²) in [6.07, 6.45) is 1.68. The van der Waals surface area contributed by atoms with Crippen molar-refractivity contribution in [2.75, 3.05) is 7.11 Å². The van der Waals surface area contributed by atoms with Crippen LogP contribution in [0, 0.1) is 6.92 Å². The summed E-state index contributed by atoms with van der Waals surface area (Å²) in [6, 6.07) is 10.7. The second-order valence-corrected chi connectivity index (χ2v) is 5.93. The van der Waals surface area contributed by atoms with Crippen LogP contribution in [0.5, 0.6) is 0 Å². The lowest BCUT2D eigenvalue weighted by Gasteiger charge is -2.09. The van der Waals surface area contributed by atoms with Crippen LogP contribution in [0.25, 0.3) is 16.6 Å². The zero-order valence-electron chi connectivity index (χ0n) is 12.5. The minimum Gasteiger partial charge on any atom is -0.465 e. The molecule has 0 fully saturated rings. The second-order valence-electron chi connectivity index (χ2n) is 5.01. The SMILES string of the molecule is COC(=O)c1cc2c(=O)n(-c3ccc(Br)cc3)ccc2nc1C. The predicted octanol–water partition coefficient (Wildman–Crippen LogP) is 3.24. The molecule has 3 aromatic rings. The van der Waals surface area contributed by atoms with Crippen LogP contribution in [-0.4, -0.2) is 22.6 Å². The van der Waals surface area contributed by atoms with E-state index in [4.69, 9.17) is 4.74 Å². The number of halogens is 1. The van der Waals surface area contributed by atoms with E-state index in [1.807, 2.05) is 24.3 Å². The topological polar surface area (TPSA) is 61.2 Å². The molecule has 2 aromatic heterocycles. The Balaban J connectivity index is 2.25. The molecule has 5 nitrogen and oxygen atoms in total. The molecule has 116 valence electrons. The van der Waals surface area contributed by atoms with Crippen LogP contribution in [0.2, 0.25) is 0 Å². The van der Waals surface area contributed by atoms with Gasteiger partial charge in [-0.05, 0) is 43.3 Å².